The van der Waals surface area contributed by atoms with Gasteiger partial charge in [-0.1, -0.05) is 5.21 Å². The zero-order valence-electron chi connectivity index (χ0n) is 10.9. The van der Waals surface area contributed by atoms with Gasteiger partial charge < -0.3 is 4.90 Å². The summed E-state index contributed by atoms with van der Waals surface area (Å²) in [5, 5.41) is 8.05. The van der Waals surface area contributed by atoms with Crippen molar-refractivity contribution >= 4 is 33.5 Å². The highest BCUT2D eigenvalue weighted by Crippen LogP contribution is 2.25. The van der Waals surface area contributed by atoms with Crippen molar-refractivity contribution in [3.05, 3.63) is 9.89 Å². The fourth-order valence-electron chi connectivity index (χ4n) is 2.25. The number of nitrogens with zero attached hydrogens (tertiary/aromatic N) is 7. The molecule has 0 aromatic carbocycles. The van der Waals surface area contributed by atoms with Crippen LogP contribution in [0.4, 0.5) is 5.95 Å². The first kappa shape index (κ1) is 13.7. The highest BCUT2D eigenvalue weighted by atomic mass is 79.9. The Hall–Kier alpha value is -1.28. The van der Waals surface area contributed by atoms with E-state index in [4.69, 9.17) is 11.6 Å². The first-order valence-electron chi connectivity index (χ1n) is 6.37. The fraction of sp³-hybridized carbons (Fsp3) is 0.545. The zero-order chi connectivity index (χ0) is 14.1. The van der Waals surface area contributed by atoms with Crippen LogP contribution in [0.5, 0.6) is 0 Å². The smallest absolute Gasteiger partial charge is 0.230 e. The third-order valence-corrected chi connectivity index (χ3v) is 3.94. The molecule has 7 nitrogen and oxygen atoms in total. The summed E-state index contributed by atoms with van der Waals surface area (Å²) in [7, 11) is 1.78. The van der Waals surface area contributed by atoms with E-state index < -0.39 is 0 Å². The van der Waals surface area contributed by atoms with E-state index in [1.165, 1.54) is 6.42 Å². The molecule has 0 saturated carbocycles. The van der Waals surface area contributed by atoms with Crippen molar-refractivity contribution in [2.45, 2.75) is 19.3 Å². The van der Waals surface area contributed by atoms with Crippen molar-refractivity contribution in [3.63, 3.8) is 0 Å². The molecule has 9 heteroatoms. The largest absolute Gasteiger partial charge is 0.341 e. The lowest BCUT2D eigenvalue weighted by molar-refractivity contribution is 0.567. The van der Waals surface area contributed by atoms with Crippen molar-refractivity contribution < 1.29 is 0 Å². The molecule has 0 bridgehead atoms. The average molecular weight is 359 g/mol. The summed E-state index contributed by atoms with van der Waals surface area (Å²) < 4.78 is 2.20. The molecule has 0 unspecified atom stereocenters. The zero-order valence-corrected chi connectivity index (χ0v) is 13.3. The molecular formula is C11H13BrClN7. The number of aromatic nitrogens is 6. The van der Waals surface area contributed by atoms with E-state index in [9.17, 15) is 0 Å². The molecule has 0 aliphatic carbocycles. The molecule has 0 spiro atoms. The van der Waals surface area contributed by atoms with Crippen molar-refractivity contribution in [2.24, 2.45) is 7.05 Å². The number of halogens is 2. The molecule has 3 heterocycles. The predicted molar refractivity (Wildman–Crippen MR) is 78.6 cm³/mol. The minimum absolute atomic E-state index is 0.184. The van der Waals surface area contributed by atoms with Gasteiger partial charge in [0.25, 0.3) is 0 Å². The molecule has 20 heavy (non-hydrogen) atoms. The van der Waals surface area contributed by atoms with Crippen LogP contribution in [0.25, 0.3) is 11.5 Å². The second-order valence-electron chi connectivity index (χ2n) is 4.63. The number of piperidine rings is 1. The number of hydrogen-bond donors (Lipinski definition) is 0. The molecule has 0 amide bonds. The maximum atomic E-state index is 6.04. The third-order valence-electron chi connectivity index (χ3n) is 3.23. The molecular weight excluding hydrogens is 346 g/mol. The maximum absolute atomic E-state index is 6.04. The first-order chi connectivity index (χ1) is 9.65. The minimum atomic E-state index is 0.184. The molecule has 1 aliphatic rings. The number of hydrogen-bond acceptors (Lipinski definition) is 6. The average Bonchev–Trinajstić information content (AvgIpc) is 2.78. The topological polar surface area (TPSA) is 72.6 Å². The lowest BCUT2D eigenvalue weighted by Gasteiger charge is -2.26. The summed E-state index contributed by atoms with van der Waals surface area (Å²) in [5.41, 5.74) is 0.688. The van der Waals surface area contributed by atoms with Gasteiger partial charge in [-0.2, -0.15) is 15.0 Å². The Morgan fingerprint density at radius 3 is 2.50 bits per heavy atom. The summed E-state index contributed by atoms with van der Waals surface area (Å²) in [6.07, 6.45) is 3.55. The molecule has 0 N–H and O–H groups in total. The van der Waals surface area contributed by atoms with Crippen LogP contribution in [0.15, 0.2) is 4.60 Å². The summed E-state index contributed by atoms with van der Waals surface area (Å²) in [4.78, 5) is 15.1. The van der Waals surface area contributed by atoms with Gasteiger partial charge in [0.1, 0.15) is 5.69 Å². The highest BCUT2D eigenvalue weighted by molar-refractivity contribution is 9.10. The SMILES string of the molecule is Cn1nnc(Br)c1-c1nc(Cl)nc(N2CCCCC2)n1. The molecule has 1 fully saturated rings. The van der Waals surface area contributed by atoms with Crippen LogP contribution < -0.4 is 4.90 Å². The van der Waals surface area contributed by atoms with Crippen LogP contribution >= 0.6 is 27.5 Å². The number of rotatable bonds is 2. The van der Waals surface area contributed by atoms with E-state index >= 15 is 0 Å². The van der Waals surface area contributed by atoms with E-state index in [0.717, 1.165) is 25.9 Å². The van der Waals surface area contributed by atoms with Crippen LogP contribution in [0, 0.1) is 0 Å². The van der Waals surface area contributed by atoms with E-state index in [2.05, 4.69) is 46.1 Å². The summed E-state index contributed by atoms with van der Waals surface area (Å²) >= 11 is 9.38. The molecule has 106 valence electrons. The lowest BCUT2D eigenvalue weighted by Crippen LogP contribution is -2.31. The Morgan fingerprint density at radius 2 is 1.85 bits per heavy atom. The quantitative estimate of drug-likeness (QED) is 0.818. The molecule has 2 aromatic heterocycles. The maximum Gasteiger partial charge on any atom is 0.230 e. The minimum Gasteiger partial charge on any atom is -0.341 e. The van der Waals surface area contributed by atoms with Crippen LogP contribution in [-0.4, -0.2) is 43.0 Å². The Morgan fingerprint density at radius 1 is 1.10 bits per heavy atom. The predicted octanol–water partition coefficient (Wildman–Crippen LogP) is 2.07. The van der Waals surface area contributed by atoms with Crippen molar-refractivity contribution in [1.82, 2.24) is 29.9 Å². The highest BCUT2D eigenvalue weighted by Gasteiger charge is 2.19. The number of anilines is 1. The second-order valence-corrected chi connectivity index (χ2v) is 5.72. The van der Waals surface area contributed by atoms with Crippen LogP contribution in [0.3, 0.4) is 0 Å². The first-order valence-corrected chi connectivity index (χ1v) is 7.54. The monoisotopic (exact) mass is 357 g/mol. The summed E-state index contributed by atoms with van der Waals surface area (Å²) in [6, 6.07) is 0. The van der Waals surface area contributed by atoms with Gasteiger partial charge in [-0.15, -0.1) is 5.10 Å². The van der Waals surface area contributed by atoms with E-state index in [-0.39, 0.29) is 5.28 Å². The van der Waals surface area contributed by atoms with Crippen LogP contribution in [-0.2, 0) is 7.05 Å². The van der Waals surface area contributed by atoms with E-state index in [0.29, 0.717) is 22.1 Å². The van der Waals surface area contributed by atoms with Gasteiger partial charge >= 0.3 is 0 Å². The van der Waals surface area contributed by atoms with Crippen molar-refractivity contribution in [2.75, 3.05) is 18.0 Å². The van der Waals surface area contributed by atoms with Gasteiger partial charge in [0, 0.05) is 20.1 Å². The van der Waals surface area contributed by atoms with Gasteiger partial charge in [0.15, 0.2) is 10.4 Å². The van der Waals surface area contributed by atoms with Crippen molar-refractivity contribution in [3.8, 4) is 11.5 Å². The van der Waals surface area contributed by atoms with Gasteiger partial charge in [0.05, 0.1) is 0 Å². The second kappa shape index (κ2) is 5.61. The van der Waals surface area contributed by atoms with Crippen LogP contribution in [0.2, 0.25) is 5.28 Å². The van der Waals surface area contributed by atoms with Gasteiger partial charge in [0.2, 0.25) is 11.2 Å². The van der Waals surface area contributed by atoms with Crippen molar-refractivity contribution in [1.29, 1.82) is 0 Å². The Labute approximate surface area is 129 Å². The Balaban J connectivity index is 2.02. The molecule has 1 saturated heterocycles. The van der Waals surface area contributed by atoms with E-state index in [1.807, 2.05) is 0 Å². The van der Waals surface area contributed by atoms with Gasteiger partial charge in [-0.25, -0.2) is 4.68 Å². The Kier molecular flexibility index (Phi) is 3.84. The van der Waals surface area contributed by atoms with Gasteiger partial charge in [-0.3, -0.25) is 0 Å². The lowest BCUT2D eigenvalue weighted by atomic mass is 10.1. The molecule has 2 aromatic rings. The third kappa shape index (κ3) is 2.62. The number of aryl methyl sites for hydroxylation is 1. The van der Waals surface area contributed by atoms with Gasteiger partial charge in [-0.05, 0) is 46.8 Å². The van der Waals surface area contributed by atoms with Crippen LogP contribution in [0.1, 0.15) is 19.3 Å². The fourth-order valence-corrected chi connectivity index (χ4v) is 2.91. The molecule has 0 radical (unpaired) electrons. The summed E-state index contributed by atoms with van der Waals surface area (Å²) in [6.45, 7) is 1.90. The van der Waals surface area contributed by atoms with E-state index in [1.54, 1.807) is 11.7 Å². The molecule has 0 atom stereocenters. The summed E-state index contributed by atoms with van der Waals surface area (Å²) in [5.74, 6) is 1.10. The molecule has 3 rings (SSSR count). The normalized spacial score (nSPS) is 15.7. The standard InChI is InChI=1S/C11H13BrClN7/c1-19-7(8(12)17-18-19)9-14-10(13)16-11(15-9)20-5-3-2-4-6-20/h2-6H2,1H3. The Bertz CT molecular complexity index is 604. The molecule has 1 aliphatic heterocycles.